The third kappa shape index (κ3) is 2.76. The van der Waals surface area contributed by atoms with Gasteiger partial charge in [-0.05, 0) is 37.0 Å². The van der Waals surface area contributed by atoms with Crippen LogP contribution in [0.2, 0.25) is 5.02 Å². The zero-order valence-electron chi connectivity index (χ0n) is 10.7. The van der Waals surface area contributed by atoms with Crippen molar-refractivity contribution in [3.63, 3.8) is 0 Å². The fraction of sp³-hybridized carbons (Fsp3) is 0.200. The number of hydrogen-bond acceptors (Lipinski definition) is 3. The Kier molecular flexibility index (Phi) is 3.85. The maximum atomic E-state index is 12.0. The van der Waals surface area contributed by atoms with Crippen molar-refractivity contribution in [3.05, 3.63) is 56.2 Å². The number of carbonyl (C=O) groups is 1. The minimum Gasteiger partial charge on any atom is -0.266 e. The van der Waals surface area contributed by atoms with Gasteiger partial charge in [-0.1, -0.05) is 29.8 Å². The number of hydrogen-bond donors (Lipinski definition) is 1. The second-order valence-corrected chi connectivity index (χ2v) is 6.18. The summed E-state index contributed by atoms with van der Waals surface area (Å²) >= 11 is 7.57. The highest BCUT2D eigenvalue weighted by Gasteiger charge is 2.17. The van der Waals surface area contributed by atoms with Crippen LogP contribution in [0.4, 0.5) is 0 Å². The molecule has 1 aromatic heterocycles. The molecule has 0 fully saturated rings. The first-order chi connectivity index (χ1) is 9.74. The maximum absolute atomic E-state index is 12.0. The molecule has 0 saturated carbocycles. The number of nitrogens with zero attached hydrogens (tertiary/aromatic N) is 1. The van der Waals surface area contributed by atoms with Crippen LogP contribution < -0.4 is 5.43 Å². The monoisotopic (exact) mass is 304 g/mol. The Balaban J connectivity index is 1.66. The van der Waals surface area contributed by atoms with Crippen molar-refractivity contribution in [1.82, 2.24) is 5.43 Å². The molecule has 1 aliphatic rings. The first-order valence-corrected chi connectivity index (χ1v) is 7.63. The van der Waals surface area contributed by atoms with Crippen molar-refractivity contribution in [2.75, 3.05) is 0 Å². The van der Waals surface area contributed by atoms with Crippen LogP contribution in [0.5, 0.6) is 0 Å². The van der Waals surface area contributed by atoms with Gasteiger partial charge in [0, 0.05) is 15.5 Å². The Hall–Kier alpha value is -1.65. The maximum Gasteiger partial charge on any atom is 0.281 e. The molecule has 20 heavy (non-hydrogen) atoms. The van der Waals surface area contributed by atoms with Gasteiger partial charge in [0.15, 0.2) is 0 Å². The van der Waals surface area contributed by atoms with Gasteiger partial charge in [-0.2, -0.15) is 5.10 Å². The smallest absolute Gasteiger partial charge is 0.266 e. The molecule has 1 aliphatic carbocycles. The molecule has 1 N–H and O–H groups in total. The van der Waals surface area contributed by atoms with Gasteiger partial charge in [0.05, 0.1) is 11.1 Å². The third-order valence-corrected chi connectivity index (χ3v) is 4.83. The molecule has 3 rings (SSSR count). The minimum absolute atomic E-state index is 0.160. The molecular weight excluding hydrogens is 292 g/mol. The van der Waals surface area contributed by atoms with Gasteiger partial charge >= 0.3 is 0 Å². The highest BCUT2D eigenvalue weighted by atomic mass is 35.5. The van der Waals surface area contributed by atoms with Crippen molar-refractivity contribution in [2.24, 2.45) is 5.10 Å². The Morgan fingerprint density at radius 2 is 2.20 bits per heavy atom. The predicted molar refractivity (Wildman–Crippen MR) is 82.9 cm³/mol. The summed E-state index contributed by atoms with van der Waals surface area (Å²) in [4.78, 5) is 14.0. The van der Waals surface area contributed by atoms with Crippen molar-refractivity contribution in [3.8, 4) is 0 Å². The summed E-state index contributed by atoms with van der Waals surface area (Å²) in [5.41, 5.74) is 4.64. The van der Waals surface area contributed by atoms with E-state index in [4.69, 9.17) is 11.6 Å². The normalized spacial score (nSPS) is 13.7. The molecule has 0 saturated heterocycles. The standard InChI is InChI=1S/C15H13ClN2OS/c16-12-6-2-1-4-11(12)9-17-18-15(19)14-8-10-5-3-7-13(10)20-14/h1-2,4,6,8-9H,3,5,7H2,(H,18,19)/b17-9-. The number of benzene rings is 1. The van der Waals surface area contributed by atoms with E-state index >= 15 is 0 Å². The molecule has 0 spiro atoms. The molecule has 2 aromatic rings. The van der Waals surface area contributed by atoms with Crippen LogP contribution in [-0.2, 0) is 12.8 Å². The van der Waals surface area contributed by atoms with Crippen molar-refractivity contribution in [1.29, 1.82) is 0 Å². The average molecular weight is 305 g/mol. The van der Waals surface area contributed by atoms with E-state index in [1.54, 1.807) is 23.6 Å². The lowest BCUT2D eigenvalue weighted by Crippen LogP contribution is -2.16. The SMILES string of the molecule is O=C(N/N=C\c1ccccc1Cl)c1cc2c(s1)CCC2. The summed E-state index contributed by atoms with van der Waals surface area (Å²) in [6.07, 6.45) is 4.94. The fourth-order valence-electron chi connectivity index (χ4n) is 2.24. The van der Waals surface area contributed by atoms with Crippen LogP contribution in [0.1, 0.15) is 32.1 Å². The van der Waals surface area contributed by atoms with Gasteiger partial charge < -0.3 is 0 Å². The number of amides is 1. The van der Waals surface area contributed by atoms with Crippen molar-refractivity contribution < 1.29 is 4.79 Å². The number of fused-ring (bicyclic) bond motifs is 1. The molecule has 0 aliphatic heterocycles. The van der Waals surface area contributed by atoms with Gasteiger partial charge in [-0.15, -0.1) is 11.3 Å². The molecule has 1 aromatic carbocycles. The Labute approximate surface area is 126 Å². The van der Waals surface area contributed by atoms with Gasteiger partial charge in [-0.3, -0.25) is 4.79 Å². The predicted octanol–water partition coefficient (Wildman–Crippen LogP) is 3.65. The first-order valence-electron chi connectivity index (χ1n) is 6.43. The molecule has 5 heteroatoms. The summed E-state index contributed by atoms with van der Waals surface area (Å²) in [7, 11) is 0. The minimum atomic E-state index is -0.160. The van der Waals surface area contributed by atoms with Gasteiger partial charge in [0.1, 0.15) is 0 Å². The van der Waals surface area contributed by atoms with E-state index in [1.165, 1.54) is 16.9 Å². The average Bonchev–Trinajstić information content (AvgIpc) is 3.01. The van der Waals surface area contributed by atoms with Crippen molar-refractivity contribution >= 4 is 35.1 Å². The van der Waals surface area contributed by atoms with Gasteiger partial charge in [-0.25, -0.2) is 5.43 Å². The summed E-state index contributed by atoms with van der Waals surface area (Å²) in [6, 6.07) is 9.34. The summed E-state index contributed by atoms with van der Waals surface area (Å²) in [5.74, 6) is -0.160. The third-order valence-electron chi connectivity index (χ3n) is 3.25. The van der Waals surface area contributed by atoms with E-state index in [2.05, 4.69) is 10.5 Å². The van der Waals surface area contributed by atoms with Crippen LogP contribution in [0.25, 0.3) is 0 Å². The molecule has 0 unspecified atom stereocenters. The van der Waals surface area contributed by atoms with Crippen LogP contribution in [0.3, 0.4) is 0 Å². The quantitative estimate of drug-likeness (QED) is 0.682. The Bertz CT molecular complexity index is 657. The van der Waals surface area contributed by atoms with Crippen LogP contribution >= 0.6 is 22.9 Å². The lowest BCUT2D eigenvalue weighted by molar-refractivity contribution is 0.0959. The van der Waals surface area contributed by atoms with E-state index in [0.29, 0.717) is 5.02 Å². The number of aryl methyl sites for hydroxylation is 2. The van der Waals surface area contributed by atoms with Crippen LogP contribution in [0, 0.1) is 0 Å². The van der Waals surface area contributed by atoms with E-state index in [1.807, 2.05) is 24.3 Å². The number of halogens is 1. The largest absolute Gasteiger partial charge is 0.281 e. The fourth-order valence-corrected chi connectivity index (χ4v) is 3.56. The second kappa shape index (κ2) is 5.77. The zero-order chi connectivity index (χ0) is 13.9. The topological polar surface area (TPSA) is 41.5 Å². The van der Waals surface area contributed by atoms with E-state index < -0.39 is 0 Å². The van der Waals surface area contributed by atoms with Crippen LogP contribution in [0.15, 0.2) is 35.4 Å². The molecule has 0 atom stereocenters. The highest BCUT2D eigenvalue weighted by molar-refractivity contribution is 7.14. The van der Waals surface area contributed by atoms with Crippen molar-refractivity contribution in [2.45, 2.75) is 19.3 Å². The summed E-state index contributed by atoms with van der Waals surface area (Å²) < 4.78 is 0. The number of thiophene rings is 1. The lowest BCUT2D eigenvalue weighted by Gasteiger charge is -1.98. The molecule has 1 heterocycles. The molecule has 102 valence electrons. The summed E-state index contributed by atoms with van der Waals surface area (Å²) in [5, 5.41) is 4.57. The number of hydrazone groups is 1. The number of nitrogens with one attached hydrogen (secondary N) is 1. The van der Waals surface area contributed by atoms with E-state index in [9.17, 15) is 4.79 Å². The van der Waals surface area contributed by atoms with Gasteiger partial charge in [0.25, 0.3) is 5.91 Å². The van der Waals surface area contributed by atoms with Gasteiger partial charge in [0.2, 0.25) is 0 Å². The highest BCUT2D eigenvalue weighted by Crippen LogP contribution is 2.30. The summed E-state index contributed by atoms with van der Waals surface area (Å²) in [6.45, 7) is 0. The zero-order valence-corrected chi connectivity index (χ0v) is 12.3. The molecular formula is C15H13ClN2OS. The van der Waals surface area contributed by atoms with E-state index in [0.717, 1.165) is 23.3 Å². The lowest BCUT2D eigenvalue weighted by atomic mass is 10.2. The second-order valence-electron chi connectivity index (χ2n) is 4.63. The number of rotatable bonds is 3. The molecule has 1 amide bonds. The van der Waals surface area contributed by atoms with E-state index in [-0.39, 0.29) is 5.91 Å². The molecule has 0 radical (unpaired) electrons. The van der Waals surface area contributed by atoms with Crippen LogP contribution in [-0.4, -0.2) is 12.1 Å². The number of carbonyl (C=O) groups excluding carboxylic acids is 1. The first kappa shape index (κ1) is 13.3. The molecule has 0 bridgehead atoms. The Morgan fingerprint density at radius 1 is 1.35 bits per heavy atom. The molecule has 3 nitrogen and oxygen atoms in total. The Morgan fingerprint density at radius 3 is 3.00 bits per heavy atom.